The van der Waals surface area contributed by atoms with Crippen LogP contribution in [0.1, 0.15) is 33.6 Å². The van der Waals surface area contributed by atoms with E-state index in [1.807, 2.05) is 6.92 Å². The molecule has 0 aromatic carbocycles. The van der Waals surface area contributed by atoms with Crippen molar-refractivity contribution in [1.29, 1.82) is 0 Å². The molecule has 0 nitrogen and oxygen atoms in total. The van der Waals surface area contributed by atoms with Gasteiger partial charge in [0.05, 0.1) is 0 Å². The van der Waals surface area contributed by atoms with Crippen LogP contribution in [0.25, 0.3) is 0 Å². The summed E-state index contributed by atoms with van der Waals surface area (Å²) in [5.41, 5.74) is 2.61. The third-order valence-electron chi connectivity index (χ3n) is 1.58. The van der Waals surface area contributed by atoms with E-state index in [2.05, 4.69) is 38.7 Å². The highest BCUT2D eigenvalue weighted by molar-refractivity contribution is 5.18. The maximum atomic E-state index is 3.83. The van der Waals surface area contributed by atoms with Crippen LogP contribution >= 0.6 is 0 Å². The lowest BCUT2D eigenvalue weighted by Crippen LogP contribution is -1.73. The van der Waals surface area contributed by atoms with Crippen molar-refractivity contribution in [3.05, 3.63) is 36.0 Å². The fourth-order valence-corrected chi connectivity index (χ4v) is 0.830. The summed E-state index contributed by atoms with van der Waals surface area (Å²) in [6.07, 6.45) is 8.60. The molecule has 0 aromatic heterocycles. The first-order chi connectivity index (χ1) is 5.20. The van der Waals surface area contributed by atoms with E-state index >= 15 is 0 Å². The highest BCUT2D eigenvalue weighted by atomic mass is 13.9. The van der Waals surface area contributed by atoms with Crippen LogP contribution in [0.15, 0.2) is 36.0 Å². The van der Waals surface area contributed by atoms with Gasteiger partial charge in [-0.3, -0.25) is 0 Å². The SMILES string of the molecule is C=C(C)CC=CC(=CC)CC. The fraction of sp³-hybridized carbons (Fsp3) is 0.455. The van der Waals surface area contributed by atoms with E-state index in [-0.39, 0.29) is 0 Å². The first kappa shape index (κ1) is 10.2. The van der Waals surface area contributed by atoms with Gasteiger partial charge in [-0.05, 0) is 26.7 Å². The summed E-state index contributed by atoms with van der Waals surface area (Å²) < 4.78 is 0. The van der Waals surface area contributed by atoms with E-state index in [9.17, 15) is 0 Å². The Hall–Kier alpha value is -0.780. The fourth-order valence-electron chi connectivity index (χ4n) is 0.830. The Morgan fingerprint density at radius 1 is 1.45 bits per heavy atom. The van der Waals surface area contributed by atoms with Crippen molar-refractivity contribution in [1.82, 2.24) is 0 Å². The van der Waals surface area contributed by atoms with Gasteiger partial charge < -0.3 is 0 Å². The predicted octanol–water partition coefficient (Wildman–Crippen LogP) is 3.87. The number of rotatable bonds is 4. The molecule has 0 amide bonds. The van der Waals surface area contributed by atoms with E-state index in [1.54, 1.807) is 0 Å². The number of allylic oxidation sites excluding steroid dienone is 5. The molecule has 0 saturated heterocycles. The summed E-state index contributed by atoms with van der Waals surface area (Å²) in [6.45, 7) is 10.1. The Morgan fingerprint density at radius 2 is 2.09 bits per heavy atom. The van der Waals surface area contributed by atoms with E-state index in [0.29, 0.717) is 0 Å². The molecule has 0 bridgehead atoms. The maximum absolute atomic E-state index is 3.83. The molecule has 0 spiro atoms. The van der Waals surface area contributed by atoms with Crippen LogP contribution in [0, 0.1) is 0 Å². The molecule has 0 saturated carbocycles. The van der Waals surface area contributed by atoms with Gasteiger partial charge in [0.1, 0.15) is 0 Å². The lowest BCUT2D eigenvalue weighted by molar-refractivity contribution is 1.13. The van der Waals surface area contributed by atoms with Gasteiger partial charge in [0.2, 0.25) is 0 Å². The Balaban J connectivity index is 3.81. The van der Waals surface area contributed by atoms with E-state index in [4.69, 9.17) is 0 Å². The summed E-state index contributed by atoms with van der Waals surface area (Å²) in [4.78, 5) is 0. The molecule has 62 valence electrons. The zero-order chi connectivity index (χ0) is 8.69. The minimum Gasteiger partial charge on any atom is -0.0998 e. The van der Waals surface area contributed by atoms with Crippen molar-refractivity contribution in [3.63, 3.8) is 0 Å². The summed E-state index contributed by atoms with van der Waals surface area (Å²) in [5, 5.41) is 0. The Labute approximate surface area is 70.3 Å². The zero-order valence-electron chi connectivity index (χ0n) is 7.85. The molecule has 0 aliphatic rings. The lowest BCUT2D eigenvalue weighted by Gasteiger charge is -1.94. The Bertz CT molecular complexity index is 170. The molecule has 11 heavy (non-hydrogen) atoms. The van der Waals surface area contributed by atoms with Gasteiger partial charge in [-0.2, -0.15) is 0 Å². The zero-order valence-corrected chi connectivity index (χ0v) is 7.85. The van der Waals surface area contributed by atoms with Crippen LogP contribution in [0.2, 0.25) is 0 Å². The van der Waals surface area contributed by atoms with Gasteiger partial charge in [-0.15, -0.1) is 0 Å². The molecule has 0 aliphatic carbocycles. The number of hydrogen-bond acceptors (Lipinski definition) is 0. The van der Waals surface area contributed by atoms with Crippen molar-refractivity contribution in [2.24, 2.45) is 0 Å². The van der Waals surface area contributed by atoms with Crippen molar-refractivity contribution < 1.29 is 0 Å². The van der Waals surface area contributed by atoms with E-state index < -0.39 is 0 Å². The third-order valence-corrected chi connectivity index (χ3v) is 1.58. The van der Waals surface area contributed by atoms with E-state index in [0.717, 1.165) is 12.8 Å². The first-order valence-electron chi connectivity index (χ1n) is 4.16. The predicted molar refractivity (Wildman–Crippen MR) is 52.6 cm³/mol. The van der Waals surface area contributed by atoms with Crippen LogP contribution in [-0.2, 0) is 0 Å². The van der Waals surface area contributed by atoms with Crippen molar-refractivity contribution in [3.8, 4) is 0 Å². The molecular weight excluding hydrogens is 132 g/mol. The van der Waals surface area contributed by atoms with Crippen LogP contribution in [-0.4, -0.2) is 0 Å². The maximum Gasteiger partial charge on any atom is -0.0141 e. The normalized spacial score (nSPS) is 12.5. The summed E-state index contributed by atoms with van der Waals surface area (Å²) in [7, 11) is 0. The topological polar surface area (TPSA) is 0 Å². The Morgan fingerprint density at radius 3 is 2.45 bits per heavy atom. The third kappa shape index (κ3) is 5.65. The van der Waals surface area contributed by atoms with Gasteiger partial charge in [0, 0.05) is 0 Å². The molecule has 0 heteroatoms. The number of hydrogen-bond donors (Lipinski definition) is 0. The minimum absolute atomic E-state index is 0.997. The minimum atomic E-state index is 0.997. The molecule has 0 fully saturated rings. The molecule has 0 rings (SSSR count). The van der Waals surface area contributed by atoms with E-state index in [1.165, 1.54) is 11.1 Å². The quantitative estimate of drug-likeness (QED) is 0.421. The van der Waals surface area contributed by atoms with Crippen LogP contribution in [0.5, 0.6) is 0 Å². The highest BCUT2D eigenvalue weighted by Gasteiger charge is 1.84. The van der Waals surface area contributed by atoms with Gasteiger partial charge in [-0.1, -0.05) is 42.9 Å². The van der Waals surface area contributed by atoms with Gasteiger partial charge in [0.25, 0.3) is 0 Å². The second-order valence-electron chi connectivity index (χ2n) is 2.78. The molecule has 0 aliphatic heterocycles. The molecule has 0 N–H and O–H groups in total. The van der Waals surface area contributed by atoms with Crippen molar-refractivity contribution >= 4 is 0 Å². The Kier molecular flexibility index (Phi) is 5.54. The van der Waals surface area contributed by atoms with Crippen LogP contribution < -0.4 is 0 Å². The average molecular weight is 150 g/mol. The molecular formula is C11H18. The van der Waals surface area contributed by atoms with Crippen LogP contribution in [0.3, 0.4) is 0 Å². The monoisotopic (exact) mass is 150 g/mol. The summed E-state index contributed by atoms with van der Waals surface area (Å²) in [6, 6.07) is 0. The molecule has 0 radical (unpaired) electrons. The molecule has 0 aromatic rings. The largest absolute Gasteiger partial charge is 0.0998 e. The van der Waals surface area contributed by atoms with Gasteiger partial charge >= 0.3 is 0 Å². The first-order valence-corrected chi connectivity index (χ1v) is 4.16. The smallest absolute Gasteiger partial charge is 0.0141 e. The standard InChI is InChI=1S/C11H18/c1-5-11(6-2)9-7-8-10(3)4/h5,7,9H,3,6,8H2,1-2,4H3. The van der Waals surface area contributed by atoms with Gasteiger partial charge in [-0.25, -0.2) is 0 Å². The van der Waals surface area contributed by atoms with Crippen molar-refractivity contribution in [2.45, 2.75) is 33.6 Å². The van der Waals surface area contributed by atoms with Crippen molar-refractivity contribution in [2.75, 3.05) is 0 Å². The summed E-state index contributed by atoms with van der Waals surface area (Å²) >= 11 is 0. The average Bonchev–Trinajstić information content (AvgIpc) is 1.98. The lowest BCUT2D eigenvalue weighted by atomic mass is 10.1. The van der Waals surface area contributed by atoms with Crippen LogP contribution in [0.4, 0.5) is 0 Å². The highest BCUT2D eigenvalue weighted by Crippen LogP contribution is 2.04. The second-order valence-corrected chi connectivity index (χ2v) is 2.78. The van der Waals surface area contributed by atoms with Gasteiger partial charge in [0.15, 0.2) is 0 Å². The summed E-state index contributed by atoms with van der Waals surface area (Å²) in [5.74, 6) is 0. The molecule has 0 atom stereocenters. The molecule has 0 unspecified atom stereocenters. The second kappa shape index (κ2) is 5.96. The molecule has 0 heterocycles.